The number of carboxylic acid groups (broad SMARTS) is 1. The Hall–Kier alpha value is -0.660. The number of aliphatic carboxylic acids is 1. The molecule has 2 fully saturated rings. The van der Waals surface area contributed by atoms with Gasteiger partial charge in [-0.1, -0.05) is 25.7 Å². The van der Waals surface area contributed by atoms with Gasteiger partial charge in [0.1, 0.15) is 0 Å². The van der Waals surface area contributed by atoms with Crippen LogP contribution >= 0.6 is 0 Å². The van der Waals surface area contributed by atoms with E-state index in [0.717, 1.165) is 38.5 Å². The molecule has 0 atom stereocenters. The summed E-state index contributed by atoms with van der Waals surface area (Å²) >= 11 is 0. The van der Waals surface area contributed by atoms with Gasteiger partial charge in [0, 0.05) is 19.6 Å². The maximum absolute atomic E-state index is 12.1. The molecule has 0 aromatic heterocycles. The molecule has 0 aromatic carbocycles. The molecule has 1 saturated heterocycles. The first-order chi connectivity index (χ1) is 9.46. The van der Waals surface area contributed by atoms with Crippen molar-refractivity contribution in [3.8, 4) is 0 Å². The van der Waals surface area contributed by atoms with Gasteiger partial charge in [0.2, 0.25) is 0 Å². The van der Waals surface area contributed by atoms with Crippen molar-refractivity contribution < 1.29 is 18.3 Å². The second-order valence-electron chi connectivity index (χ2n) is 5.93. The van der Waals surface area contributed by atoms with Crippen LogP contribution in [0.2, 0.25) is 0 Å². The van der Waals surface area contributed by atoms with E-state index in [1.165, 1.54) is 4.31 Å². The van der Waals surface area contributed by atoms with E-state index < -0.39 is 21.6 Å². The Morgan fingerprint density at radius 1 is 1.05 bits per heavy atom. The zero-order chi connectivity index (χ0) is 14.6. The predicted octanol–water partition coefficient (Wildman–Crippen LogP) is 1.34. The number of hydrogen-bond donors (Lipinski definition) is 2. The number of rotatable bonds is 5. The van der Waals surface area contributed by atoms with Crippen molar-refractivity contribution in [1.82, 2.24) is 9.03 Å². The SMILES string of the molecule is O=C(O)C1(CNS(=O)(=O)N2CCCC2)CCCCCC1. The molecule has 0 aromatic rings. The van der Waals surface area contributed by atoms with E-state index in [1.54, 1.807) is 0 Å². The molecule has 116 valence electrons. The molecule has 0 bridgehead atoms. The van der Waals surface area contributed by atoms with Crippen molar-refractivity contribution in [3.05, 3.63) is 0 Å². The maximum Gasteiger partial charge on any atom is 0.310 e. The van der Waals surface area contributed by atoms with Crippen molar-refractivity contribution in [3.63, 3.8) is 0 Å². The number of nitrogens with one attached hydrogen (secondary N) is 1. The molecule has 0 radical (unpaired) electrons. The molecule has 1 saturated carbocycles. The summed E-state index contributed by atoms with van der Waals surface area (Å²) in [5.74, 6) is -0.872. The molecular formula is C13H24N2O4S. The standard InChI is InChI=1S/C13H24N2O4S/c16-12(17)13(7-3-1-2-4-8-13)11-14-20(18,19)15-9-5-6-10-15/h14H,1-11H2,(H,16,17). The van der Waals surface area contributed by atoms with Crippen LogP contribution in [-0.4, -0.2) is 43.4 Å². The highest BCUT2D eigenvalue weighted by Crippen LogP contribution is 2.35. The van der Waals surface area contributed by atoms with Crippen molar-refractivity contribution in [2.24, 2.45) is 5.41 Å². The molecule has 6 nitrogen and oxygen atoms in total. The predicted molar refractivity (Wildman–Crippen MR) is 75.5 cm³/mol. The van der Waals surface area contributed by atoms with Crippen molar-refractivity contribution in [1.29, 1.82) is 0 Å². The fraction of sp³-hybridized carbons (Fsp3) is 0.923. The van der Waals surface area contributed by atoms with Crippen LogP contribution in [0.1, 0.15) is 51.4 Å². The van der Waals surface area contributed by atoms with Gasteiger partial charge in [-0.05, 0) is 25.7 Å². The summed E-state index contributed by atoms with van der Waals surface area (Å²) in [7, 11) is -3.52. The summed E-state index contributed by atoms with van der Waals surface area (Å²) in [5, 5.41) is 9.53. The minimum atomic E-state index is -3.52. The van der Waals surface area contributed by atoms with Crippen LogP contribution in [0.3, 0.4) is 0 Å². The fourth-order valence-electron chi connectivity index (χ4n) is 3.12. The Morgan fingerprint density at radius 2 is 1.60 bits per heavy atom. The average Bonchev–Trinajstić information content (AvgIpc) is 2.83. The highest BCUT2D eigenvalue weighted by Gasteiger charge is 2.40. The van der Waals surface area contributed by atoms with Crippen LogP contribution in [0.4, 0.5) is 0 Å². The molecule has 20 heavy (non-hydrogen) atoms. The van der Waals surface area contributed by atoms with Gasteiger partial charge in [0.25, 0.3) is 10.2 Å². The van der Waals surface area contributed by atoms with Gasteiger partial charge in [0.15, 0.2) is 0 Å². The first kappa shape index (κ1) is 15.7. The highest BCUT2D eigenvalue weighted by molar-refractivity contribution is 7.87. The summed E-state index contributed by atoms with van der Waals surface area (Å²) in [5.41, 5.74) is -0.927. The largest absolute Gasteiger partial charge is 0.481 e. The molecule has 0 amide bonds. The van der Waals surface area contributed by atoms with Crippen molar-refractivity contribution in [2.75, 3.05) is 19.6 Å². The van der Waals surface area contributed by atoms with E-state index in [2.05, 4.69) is 4.72 Å². The third kappa shape index (κ3) is 3.51. The minimum absolute atomic E-state index is 0.0150. The summed E-state index contributed by atoms with van der Waals surface area (Å²) in [6, 6.07) is 0. The lowest BCUT2D eigenvalue weighted by Gasteiger charge is -2.29. The minimum Gasteiger partial charge on any atom is -0.481 e. The molecule has 1 aliphatic carbocycles. The van der Waals surface area contributed by atoms with Crippen LogP contribution in [0.25, 0.3) is 0 Å². The van der Waals surface area contributed by atoms with Crippen LogP contribution in [0.5, 0.6) is 0 Å². The lowest BCUT2D eigenvalue weighted by atomic mass is 9.80. The Kier molecular flexibility index (Phi) is 5.04. The van der Waals surface area contributed by atoms with Crippen molar-refractivity contribution in [2.45, 2.75) is 51.4 Å². The maximum atomic E-state index is 12.1. The molecule has 7 heteroatoms. The van der Waals surface area contributed by atoms with E-state index in [0.29, 0.717) is 25.9 Å². The van der Waals surface area contributed by atoms with Crippen molar-refractivity contribution >= 4 is 16.2 Å². The van der Waals surface area contributed by atoms with Crippen LogP contribution in [-0.2, 0) is 15.0 Å². The van der Waals surface area contributed by atoms with E-state index in [-0.39, 0.29) is 6.54 Å². The van der Waals surface area contributed by atoms with E-state index >= 15 is 0 Å². The first-order valence-corrected chi connectivity index (χ1v) is 8.88. The van der Waals surface area contributed by atoms with E-state index in [1.807, 2.05) is 0 Å². The van der Waals surface area contributed by atoms with Crippen LogP contribution in [0, 0.1) is 5.41 Å². The van der Waals surface area contributed by atoms with Gasteiger partial charge < -0.3 is 5.11 Å². The zero-order valence-electron chi connectivity index (χ0n) is 11.8. The second kappa shape index (κ2) is 6.41. The molecule has 0 spiro atoms. The van der Waals surface area contributed by atoms with Gasteiger partial charge in [-0.25, -0.2) is 4.72 Å². The van der Waals surface area contributed by atoms with Gasteiger partial charge in [-0.15, -0.1) is 0 Å². The molecular weight excluding hydrogens is 280 g/mol. The summed E-state index contributed by atoms with van der Waals surface area (Å²) in [4.78, 5) is 11.6. The van der Waals surface area contributed by atoms with E-state index in [9.17, 15) is 18.3 Å². The van der Waals surface area contributed by atoms with Crippen LogP contribution < -0.4 is 4.72 Å². The average molecular weight is 304 g/mol. The highest BCUT2D eigenvalue weighted by atomic mass is 32.2. The molecule has 2 rings (SSSR count). The third-order valence-electron chi connectivity index (χ3n) is 4.51. The fourth-order valence-corrected chi connectivity index (χ4v) is 4.50. The number of nitrogens with zero attached hydrogens (tertiary/aromatic N) is 1. The molecule has 2 aliphatic rings. The van der Waals surface area contributed by atoms with Gasteiger partial charge >= 0.3 is 5.97 Å². The topological polar surface area (TPSA) is 86.7 Å². The molecule has 1 aliphatic heterocycles. The normalized spacial score (nSPS) is 24.4. The zero-order valence-corrected chi connectivity index (χ0v) is 12.6. The third-order valence-corrected chi connectivity index (χ3v) is 6.07. The monoisotopic (exact) mass is 304 g/mol. The number of carboxylic acids is 1. The number of hydrogen-bond acceptors (Lipinski definition) is 3. The smallest absolute Gasteiger partial charge is 0.310 e. The lowest BCUT2D eigenvalue weighted by Crippen LogP contribution is -2.47. The summed E-state index contributed by atoms with van der Waals surface area (Å²) in [6.07, 6.45) is 6.67. The van der Waals surface area contributed by atoms with Gasteiger partial charge in [0.05, 0.1) is 5.41 Å². The summed E-state index contributed by atoms with van der Waals surface area (Å²) < 4.78 is 28.3. The lowest BCUT2D eigenvalue weighted by molar-refractivity contribution is -0.149. The Bertz CT molecular complexity index is 435. The van der Waals surface area contributed by atoms with E-state index in [4.69, 9.17) is 0 Å². The molecule has 1 heterocycles. The number of carbonyl (C=O) groups is 1. The molecule has 2 N–H and O–H groups in total. The Balaban J connectivity index is 2.03. The van der Waals surface area contributed by atoms with Gasteiger partial charge in [-0.3, -0.25) is 4.79 Å². The first-order valence-electron chi connectivity index (χ1n) is 7.44. The molecule has 0 unspecified atom stereocenters. The quantitative estimate of drug-likeness (QED) is 0.750. The summed E-state index contributed by atoms with van der Waals surface area (Å²) in [6.45, 7) is 1.09. The van der Waals surface area contributed by atoms with Gasteiger partial charge in [-0.2, -0.15) is 12.7 Å². The second-order valence-corrected chi connectivity index (χ2v) is 7.69. The Labute approximate surface area is 120 Å². The van der Waals surface area contributed by atoms with Crippen LogP contribution in [0.15, 0.2) is 0 Å². The Morgan fingerprint density at radius 3 is 2.10 bits per heavy atom.